The molecule has 0 atom stereocenters. The van der Waals surface area contributed by atoms with E-state index in [4.69, 9.17) is 10.5 Å². The van der Waals surface area contributed by atoms with Crippen LogP contribution in [0.2, 0.25) is 0 Å². The Morgan fingerprint density at radius 1 is 1.44 bits per heavy atom. The van der Waals surface area contributed by atoms with Crippen molar-refractivity contribution in [3.05, 3.63) is 12.4 Å². The summed E-state index contributed by atoms with van der Waals surface area (Å²) in [4.78, 5) is 0. The van der Waals surface area contributed by atoms with Gasteiger partial charge in [-0.2, -0.15) is 5.10 Å². The van der Waals surface area contributed by atoms with Gasteiger partial charge in [0.25, 0.3) is 0 Å². The van der Waals surface area contributed by atoms with Crippen LogP contribution in [0.1, 0.15) is 33.1 Å². The summed E-state index contributed by atoms with van der Waals surface area (Å²) in [6, 6.07) is 0. The van der Waals surface area contributed by atoms with Gasteiger partial charge in [0.05, 0.1) is 19.0 Å². The number of ether oxygens (including phenoxy) is 1. The molecule has 0 radical (unpaired) electrons. The maximum absolute atomic E-state index is 5.67. The van der Waals surface area contributed by atoms with Crippen LogP contribution in [-0.2, 0) is 7.05 Å². The summed E-state index contributed by atoms with van der Waals surface area (Å²) >= 11 is 0. The highest BCUT2D eigenvalue weighted by Gasteiger charge is 2.14. The zero-order valence-corrected chi connectivity index (χ0v) is 10.6. The van der Waals surface area contributed by atoms with Gasteiger partial charge in [-0.25, -0.2) is 0 Å². The summed E-state index contributed by atoms with van der Waals surface area (Å²) in [5.41, 5.74) is 5.93. The standard InChI is InChI=1S/C12H23N3O/c1-12(2,10-13)6-4-5-7-16-11-8-14-15(3)9-11/h8-9H,4-7,10,13H2,1-3H3. The van der Waals surface area contributed by atoms with Crippen LogP contribution in [0.15, 0.2) is 12.4 Å². The van der Waals surface area contributed by atoms with Crippen LogP contribution >= 0.6 is 0 Å². The summed E-state index contributed by atoms with van der Waals surface area (Å²) < 4.78 is 7.30. The highest BCUT2D eigenvalue weighted by Crippen LogP contribution is 2.21. The summed E-state index contributed by atoms with van der Waals surface area (Å²) in [5, 5.41) is 4.04. The molecule has 1 rings (SSSR count). The van der Waals surface area contributed by atoms with E-state index in [1.165, 1.54) is 0 Å². The average Bonchev–Trinajstić information content (AvgIpc) is 2.64. The van der Waals surface area contributed by atoms with E-state index in [1.54, 1.807) is 10.9 Å². The fraction of sp³-hybridized carbons (Fsp3) is 0.750. The van der Waals surface area contributed by atoms with Crippen molar-refractivity contribution in [2.24, 2.45) is 18.2 Å². The molecular formula is C12H23N3O. The number of aromatic nitrogens is 2. The van der Waals surface area contributed by atoms with E-state index in [0.29, 0.717) is 0 Å². The minimum absolute atomic E-state index is 0.258. The van der Waals surface area contributed by atoms with Crippen molar-refractivity contribution in [2.45, 2.75) is 33.1 Å². The molecule has 0 amide bonds. The first-order chi connectivity index (χ1) is 7.53. The summed E-state index contributed by atoms with van der Waals surface area (Å²) in [5.74, 6) is 0.848. The first-order valence-electron chi connectivity index (χ1n) is 5.85. The summed E-state index contributed by atoms with van der Waals surface area (Å²) in [7, 11) is 1.89. The maximum Gasteiger partial charge on any atom is 0.157 e. The third-order valence-corrected chi connectivity index (χ3v) is 2.75. The minimum Gasteiger partial charge on any atom is -0.490 e. The second kappa shape index (κ2) is 5.89. The molecule has 0 saturated carbocycles. The Bertz CT molecular complexity index is 307. The molecule has 0 unspecified atom stereocenters. The van der Waals surface area contributed by atoms with Crippen LogP contribution in [-0.4, -0.2) is 22.9 Å². The van der Waals surface area contributed by atoms with Crippen molar-refractivity contribution < 1.29 is 4.74 Å². The van der Waals surface area contributed by atoms with E-state index in [9.17, 15) is 0 Å². The Kier molecular flexibility index (Phi) is 4.80. The zero-order valence-electron chi connectivity index (χ0n) is 10.6. The number of nitrogens with two attached hydrogens (primary N) is 1. The molecule has 2 N–H and O–H groups in total. The lowest BCUT2D eigenvalue weighted by Crippen LogP contribution is -2.23. The summed E-state index contributed by atoms with van der Waals surface area (Å²) in [6.07, 6.45) is 7.00. The molecule has 0 bridgehead atoms. The molecule has 0 aliphatic rings. The highest BCUT2D eigenvalue weighted by molar-refractivity contribution is 5.10. The molecule has 0 aromatic carbocycles. The van der Waals surface area contributed by atoms with Crippen LogP contribution in [0.3, 0.4) is 0 Å². The Morgan fingerprint density at radius 3 is 2.75 bits per heavy atom. The molecular weight excluding hydrogens is 202 g/mol. The zero-order chi connectivity index (χ0) is 12.0. The molecule has 92 valence electrons. The second-order valence-corrected chi connectivity index (χ2v) is 5.02. The Morgan fingerprint density at radius 2 is 2.19 bits per heavy atom. The topological polar surface area (TPSA) is 53.1 Å². The SMILES string of the molecule is Cn1cc(OCCCCC(C)(C)CN)cn1. The van der Waals surface area contributed by atoms with Crippen molar-refractivity contribution in [2.75, 3.05) is 13.2 Å². The Labute approximate surface area is 97.8 Å². The number of rotatable bonds is 7. The molecule has 4 nitrogen and oxygen atoms in total. The number of aryl methyl sites for hydroxylation is 1. The minimum atomic E-state index is 0.258. The monoisotopic (exact) mass is 225 g/mol. The maximum atomic E-state index is 5.67. The van der Waals surface area contributed by atoms with Crippen LogP contribution in [0, 0.1) is 5.41 Å². The van der Waals surface area contributed by atoms with Crippen LogP contribution < -0.4 is 10.5 Å². The highest BCUT2D eigenvalue weighted by atomic mass is 16.5. The van der Waals surface area contributed by atoms with E-state index in [-0.39, 0.29) is 5.41 Å². The van der Waals surface area contributed by atoms with E-state index in [0.717, 1.165) is 38.2 Å². The molecule has 1 aromatic heterocycles. The van der Waals surface area contributed by atoms with E-state index >= 15 is 0 Å². The van der Waals surface area contributed by atoms with Crippen molar-refractivity contribution in [1.29, 1.82) is 0 Å². The number of unbranched alkanes of at least 4 members (excludes halogenated alkanes) is 1. The van der Waals surface area contributed by atoms with Crippen molar-refractivity contribution in [3.63, 3.8) is 0 Å². The lowest BCUT2D eigenvalue weighted by Gasteiger charge is -2.21. The summed E-state index contributed by atoms with van der Waals surface area (Å²) in [6.45, 7) is 5.91. The van der Waals surface area contributed by atoms with Gasteiger partial charge in [-0.1, -0.05) is 13.8 Å². The van der Waals surface area contributed by atoms with Gasteiger partial charge in [0.2, 0.25) is 0 Å². The molecule has 0 aliphatic heterocycles. The third kappa shape index (κ3) is 4.66. The predicted octanol–water partition coefficient (Wildman–Crippen LogP) is 1.95. The lowest BCUT2D eigenvalue weighted by atomic mass is 9.87. The van der Waals surface area contributed by atoms with Crippen LogP contribution in [0.5, 0.6) is 5.75 Å². The normalized spacial score (nSPS) is 11.8. The van der Waals surface area contributed by atoms with Crippen LogP contribution in [0.25, 0.3) is 0 Å². The third-order valence-electron chi connectivity index (χ3n) is 2.75. The first-order valence-corrected chi connectivity index (χ1v) is 5.85. The average molecular weight is 225 g/mol. The number of hydrogen-bond acceptors (Lipinski definition) is 3. The molecule has 0 aliphatic carbocycles. The fourth-order valence-corrected chi connectivity index (χ4v) is 1.47. The van der Waals surface area contributed by atoms with E-state index < -0.39 is 0 Å². The lowest BCUT2D eigenvalue weighted by molar-refractivity contribution is 0.278. The second-order valence-electron chi connectivity index (χ2n) is 5.02. The molecule has 1 heterocycles. The van der Waals surface area contributed by atoms with Gasteiger partial charge >= 0.3 is 0 Å². The molecule has 0 spiro atoms. The number of nitrogens with zero attached hydrogens (tertiary/aromatic N) is 2. The molecule has 0 saturated heterocycles. The van der Waals surface area contributed by atoms with E-state index in [1.807, 2.05) is 13.2 Å². The van der Waals surface area contributed by atoms with Crippen molar-refractivity contribution in [3.8, 4) is 5.75 Å². The van der Waals surface area contributed by atoms with Crippen LogP contribution in [0.4, 0.5) is 0 Å². The smallest absolute Gasteiger partial charge is 0.157 e. The Balaban J connectivity index is 2.08. The number of hydrogen-bond donors (Lipinski definition) is 1. The largest absolute Gasteiger partial charge is 0.490 e. The van der Waals surface area contributed by atoms with Gasteiger partial charge < -0.3 is 10.5 Å². The van der Waals surface area contributed by atoms with Gasteiger partial charge in [-0.05, 0) is 31.2 Å². The van der Waals surface area contributed by atoms with Gasteiger partial charge in [0.15, 0.2) is 5.75 Å². The van der Waals surface area contributed by atoms with Crippen molar-refractivity contribution >= 4 is 0 Å². The predicted molar refractivity (Wildman–Crippen MR) is 65.4 cm³/mol. The Hall–Kier alpha value is -1.03. The van der Waals surface area contributed by atoms with Gasteiger partial charge in [0, 0.05) is 7.05 Å². The van der Waals surface area contributed by atoms with Crippen molar-refractivity contribution in [1.82, 2.24) is 9.78 Å². The van der Waals surface area contributed by atoms with Gasteiger partial charge in [-0.3, -0.25) is 4.68 Å². The fourth-order valence-electron chi connectivity index (χ4n) is 1.47. The van der Waals surface area contributed by atoms with Gasteiger partial charge in [-0.15, -0.1) is 0 Å². The van der Waals surface area contributed by atoms with E-state index in [2.05, 4.69) is 18.9 Å². The molecule has 4 heteroatoms. The first kappa shape index (κ1) is 13.0. The molecule has 1 aromatic rings. The molecule has 16 heavy (non-hydrogen) atoms. The molecule has 0 fully saturated rings. The van der Waals surface area contributed by atoms with Gasteiger partial charge in [0.1, 0.15) is 0 Å². The quantitative estimate of drug-likeness (QED) is 0.722.